The Morgan fingerprint density at radius 2 is 1.78 bits per heavy atom. The molecule has 2 aromatic heterocycles. The first-order valence-electron chi connectivity index (χ1n) is 9.83. The molecule has 3 heterocycles. The zero-order valence-electron chi connectivity index (χ0n) is 16.5. The summed E-state index contributed by atoms with van der Waals surface area (Å²) in [5, 5.41) is 4.71. The molecule has 1 fully saturated rings. The highest BCUT2D eigenvalue weighted by Crippen LogP contribution is 2.43. The second-order valence-corrected chi connectivity index (χ2v) is 8.45. The molecule has 1 N–H and O–H groups in total. The maximum atomic E-state index is 13.6. The van der Waals surface area contributed by atoms with Crippen LogP contribution in [0.2, 0.25) is 10.0 Å². The van der Waals surface area contributed by atoms with Gasteiger partial charge in [-0.1, -0.05) is 35.3 Å². The molecule has 4 nitrogen and oxygen atoms in total. The van der Waals surface area contributed by atoms with Gasteiger partial charge in [-0.2, -0.15) is 0 Å². The number of pyridine rings is 1. The Balaban J connectivity index is 1.61. The van der Waals surface area contributed by atoms with Crippen molar-refractivity contribution in [2.75, 3.05) is 4.90 Å². The minimum atomic E-state index is -0.352. The van der Waals surface area contributed by atoms with E-state index < -0.39 is 0 Å². The van der Waals surface area contributed by atoms with Crippen LogP contribution in [0.5, 0.6) is 0 Å². The van der Waals surface area contributed by atoms with Crippen molar-refractivity contribution in [3.63, 3.8) is 0 Å². The Morgan fingerprint density at radius 1 is 0.969 bits per heavy atom. The molecule has 0 saturated carbocycles. The number of benzene rings is 2. The van der Waals surface area contributed by atoms with Crippen molar-refractivity contribution >= 4 is 46.2 Å². The van der Waals surface area contributed by atoms with Gasteiger partial charge in [0, 0.05) is 17.4 Å². The SMILES string of the molecule is Fc1ccc(N2C(=S)N[C@@H](c3ccccn3)[C@H]2c2ccc(-c3cccc(Cl)c3Cl)o2)cc1. The predicted molar refractivity (Wildman–Crippen MR) is 128 cm³/mol. The fourth-order valence-electron chi connectivity index (χ4n) is 3.87. The van der Waals surface area contributed by atoms with Crippen LogP contribution < -0.4 is 10.2 Å². The van der Waals surface area contributed by atoms with Gasteiger partial charge in [0.05, 0.1) is 21.8 Å². The Bertz CT molecular complexity index is 1280. The third-order valence-corrected chi connectivity index (χ3v) is 6.47. The van der Waals surface area contributed by atoms with E-state index in [1.165, 1.54) is 12.1 Å². The zero-order chi connectivity index (χ0) is 22.2. The van der Waals surface area contributed by atoms with E-state index >= 15 is 0 Å². The van der Waals surface area contributed by atoms with Gasteiger partial charge >= 0.3 is 0 Å². The normalized spacial score (nSPS) is 18.1. The Kier molecular flexibility index (Phi) is 5.59. The lowest BCUT2D eigenvalue weighted by Crippen LogP contribution is -2.29. The zero-order valence-corrected chi connectivity index (χ0v) is 18.8. The van der Waals surface area contributed by atoms with Gasteiger partial charge in [0.2, 0.25) is 0 Å². The van der Waals surface area contributed by atoms with Gasteiger partial charge in [-0.05, 0) is 72.9 Å². The van der Waals surface area contributed by atoms with Crippen molar-refractivity contribution in [2.24, 2.45) is 0 Å². The average molecular weight is 484 g/mol. The van der Waals surface area contributed by atoms with Gasteiger partial charge in [-0.25, -0.2) is 4.39 Å². The summed E-state index contributed by atoms with van der Waals surface area (Å²) in [7, 11) is 0. The Morgan fingerprint density at radius 3 is 2.53 bits per heavy atom. The van der Waals surface area contributed by atoms with Gasteiger partial charge in [-0.15, -0.1) is 0 Å². The fourth-order valence-corrected chi connectivity index (χ4v) is 4.61. The highest BCUT2D eigenvalue weighted by atomic mass is 35.5. The smallest absolute Gasteiger partial charge is 0.174 e. The molecule has 8 heteroatoms. The maximum absolute atomic E-state index is 13.6. The van der Waals surface area contributed by atoms with E-state index in [1.54, 1.807) is 24.4 Å². The van der Waals surface area contributed by atoms with Crippen LogP contribution in [0.25, 0.3) is 11.3 Å². The molecule has 32 heavy (non-hydrogen) atoms. The average Bonchev–Trinajstić information content (AvgIpc) is 3.41. The summed E-state index contributed by atoms with van der Waals surface area (Å²) >= 11 is 18.3. The van der Waals surface area contributed by atoms with E-state index in [9.17, 15) is 4.39 Å². The molecule has 1 aliphatic rings. The second-order valence-electron chi connectivity index (χ2n) is 7.28. The summed E-state index contributed by atoms with van der Waals surface area (Å²) < 4.78 is 19.9. The van der Waals surface area contributed by atoms with Crippen molar-refractivity contribution < 1.29 is 8.81 Å². The number of nitrogens with one attached hydrogen (secondary N) is 1. The van der Waals surface area contributed by atoms with Crippen molar-refractivity contribution in [3.8, 4) is 11.3 Å². The summed E-state index contributed by atoms with van der Waals surface area (Å²) in [5.41, 5.74) is 2.25. The minimum absolute atomic E-state index is 0.275. The van der Waals surface area contributed by atoms with E-state index in [2.05, 4.69) is 10.3 Å². The number of aromatic nitrogens is 1. The maximum Gasteiger partial charge on any atom is 0.174 e. The van der Waals surface area contributed by atoms with Crippen molar-refractivity contribution in [1.29, 1.82) is 0 Å². The molecule has 5 rings (SSSR count). The molecule has 0 amide bonds. The van der Waals surface area contributed by atoms with Crippen molar-refractivity contribution in [1.82, 2.24) is 10.3 Å². The molecule has 0 spiro atoms. The van der Waals surface area contributed by atoms with Gasteiger partial charge in [0.15, 0.2) is 5.11 Å². The molecule has 0 radical (unpaired) electrons. The highest BCUT2D eigenvalue weighted by Gasteiger charge is 2.42. The molecule has 1 saturated heterocycles. The van der Waals surface area contributed by atoms with Crippen LogP contribution in [0.3, 0.4) is 0 Å². The third kappa shape index (κ3) is 3.75. The summed E-state index contributed by atoms with van der Waals surface area (Å²) in [4.78, 5) is 6.43. The van der Waals surface area contributed by atoms with E-state index in [0.717, 1.165) is 11.4 Å². The minimum Gasteiger partial charge on any atom is -0.459 e. The highest BCUT2D eigenvalue weighted by molar-refractivity contribution is 7.80. The van der Waals surface area contributed by atoms with E-state index in [-0.39, 0.29) is 17.9 Å². The number of hydrogen-bond donors (Lipinski definition) is 1. The van der Waals surface area contributed by atoms with E-state index in [4.69, 9.17) is 39.8 Å². The van der Waals surface area contributed by atoms with Crippen LogP contribution in [-0.2, 0) is 0 Å². The van der Waals surface area contributed by atoms with E-state index in [1.807, 2.05) is 47.4 Å². The quantitative estimate of drug-likeness (QED) is 0.317. The molecule has 160 valence electrons. The molecule has 4 aromatic rings. The Labute approximate surface area is 199 Å². The fraction of sp³-hybridized carbons (Fsp3) is 0.0833. The molecule has 2 atom stereocenters. The Hall–Kier alpha value is -2.93. The first kappa shape index (κ1) is 20.9. The summed E-state index contributed by atoms with van der Waals surface area (Å²) in [6.07, 6.45) is 1.73. The van der Waals surface area contributed by atoms with Crippen LogP contribution in [-0.4, -0.2) is 10.1 Å². The van der Waals surface area contributed by atoms with Crippen molar-refractivity contribution in [2.45, 2.75) is 12.1 Å². The molecular weight excluding hydrogens is 468 g/mol. The van der Waals surface area contributed by atoms with Gasteiger partial charge < -0.3 is 14.6 Å². The molecule has 2 aromatic carbocycles. The molecule has 0 aliphatic carbocycles. The van der Waals surface area contributed by atoms with Crippen LogP contribution >= 0.6 is 35.4 Å². The van der Waals surface area contributed by atoms with Gasteiger partial charge in [0.25, 0.3) is 0 Å². The predicted octanol–water partition coefficient (Wildman–Crippen LogP) is 6.96. The van der Waals surface area contributed by atoms with Gasteiger partial charge in [0.1, 0.15) is 23.4 Å². The number of nitrogens with zero attached hydrogens (tertiary/aromatic N) is 2. The number of hydrogen-bond acceptors (Lipinski definition) is 3. The van der Waals surface area contributed by atoms with Gasteiger partial charge in [-0.3, -0.25) is 4.98 Å². The lowest BCUT2D eigenvalue weighted by molar-refractivity contribution is 0.439. The standard InChI is InChI=1S/C24H16Cl2FN3OS/c25-17-5-3-4-16(21(17)26)19-11-12-20(31-19)23-22(18-6-1-2-13-28-18)29-24(32)30(23)15-9-7-14(27)8-10-15/h1-13,22-23H,(H,29,32)/t22-,23+/m0/s1. The second kappa shape index (κ2) is 8.54. The van der Waals surface area contributed by atoms with E-state index in [0.29, 0.717) is 32.2 Å². The number of rotatable bonds is 4. The first-order valence-corrected chi connectivity index (χ1v) is 11.0. The topological polar surface area (TPSA) is 41.3 Å². The lowest BCUT2D eigenvalue weighted by Gasteiger charge is -2.26. The molecular formula is C24H16Cl2FN3OS. The lowest BCUT2D eigenvalue weighted by atomic mass is 10.0. The number of furan rings is 1. The third-order valence-electron chi connectivity index (χ3n) is 5.34. The van der Waals surface area contributed by atoms with Crippen molar-refractivity contribution in [3.05, 3.63) is 106 Å². The monoisotopic (exact) mass is 483 g/mol. The number of thiocarbonyl (C=S) groups is 1. The number of anilines is 1. The largest absolute Gasteiger partial charge is 0.459 e. The molecule has 0 bridgehead atoms. The first-order chi connectivity index (χ1) is 15.5. The summed E-state index contributed by atoms with van der Waals surface area (Å²) in [5.74, 6) is 0.924. The molecule has 0 unspecified atom stereocenters. The molecule has 1 aliphatic heterocycles. The van der Waals surface area contributed by atoms with Crippen LogP contribution in [0.4, 0.5) is 10.1 Å². The van der Waals surface area contributed by atoms with Crippen LogP contribution in [0.1, 0.15) is 23.5 Å². The summed E-state index contributed by atoms with van der Waals surface area (Å²) in [6.45, 7) is 0. The van der Waals surface area contributed by atoms with Crippen LogP contribution in [0.15, 0.2) is 83.4 Å². The van der Waals surface area contributed by atoms with Crippen LogP contribution in [0, 0.1) is 5.82 Å². The number of halogens is 3. The summed E-state index contributed by atoms with van der Waals surface area (Å²) in [6, 6.07) is 20.4.